The van der Waals surface area contributed by atoms with Crippen molar-refractivity contribution >= 4 is 41.0 Å². The van der Waals surface area contributed by atoms with Gasteiger partial charge in [0.05, 0.1) is 24.3 Å². The number of nitrogens with zero attached hydrogens (tertiary/aromatic N) is 2. The van der Waals surface area contributed by atoms with Crippen LogP contribution in [0.25, 0.3) is 0 Å². The smallest absolute Gasteiger partial charge is 0.305 e. The van der Waals surface area contributed by atoms with Crippen LogP contribution in [0, 0.1) is 7.43 Å². The van der Waals surface area contributed by atoms with E-state index in [1.165, 1.54) is 9.80 Å². The predicted molar refractivity (Wildman–Crippen MR) is 160 cm³/mol. The van der Waals surface area contributed by atoms with Crippen molar-refractivity contribution in [1.82, 2.24) is 10.6 Å². The quantitative estimate of drug-likeness (QED) is 0.286. The third kappa shape index (κ3) is 9.56. The molecule has 11 heteroatoms. The first-order valence-corrected chi connectivity index (χ1v) is 13.3. The molecule has 1 aliphatic rings. The van der Waals surface area contributed by atoms with Crippen molar-refractivity contribution in [3.63, 3.8) is 0 Å². The number of carboxylic acid groups (broad SMARTS) is 1. The van der Waals surface area contributed by atoms with E-state index in [1.807, 2.05) is 30.3 Å². The summed E-state index contributed by atoms with van der Waals surface area (Å²) in [4.78, 5) is 67.3. The average Bonchev–Trinajstić information content (AvgIpc) is 3.07. The number of para-hydroxylation sites is 2. The summed E-state index contributed by atoms with van der Waals surface area (Å²) in [6.45, 7) is 0.999. The van der Waals surface area contributed by atoms with E-state index in [0.29, 0.717) is 23.4 Å². The number of fused-ring (bicyclic) bond motifs is 1. The Morgan fingerprint density at radius 2 is 1.49 bits per heavy atom. The van der Waals surface area contributed by atoms with Gasteiger partial charge in [-0.3, -0.25) is 28.9 Å². The number of hydrogen-bond donors (Lipinski definition) is 3. The van der Waals surface area contributed by atoms with Crippen molar-refractivity contribution in [3.05, 3.63) is 103 Å². The number of amides is 4. The van der Waals surface area contributed by atoms with Gasteiger partial charge in [-0.15, -0.1) is 0 Å². The maximum atomic E-state index is 13.9. The third-order valence-electron chi connectivity index (χ3n) is 6.70. The normalized spacial score (nSPS) is 14.6. The van der Waals surface area contributed by atoms with Crippen molar-refractivity contribution in [2.75, 3.05) is 22.9 Å². The van der Waals surface area contributed by atoms with Gasteiger partial charge in [-0.1, -0.05) is 60.7 Å². The topological polar surface area (TPSA) is 136 Å². The predicted octanol–water partition coefficient (Wildman–Crippen LogP) is 3.22. The van der Waals surface area contributed by atoms with Gasteiger partial charge in [0.2, 0.25) is 11.8 Å². The number of carbonyl (C=O) groups is 5. The fraction of sp³-hybridized carbons (Fsp3) is 0.250. The summed E-state index contributed by atoms with van der Waals surface area (Å²) in [5, 5.41) is 14.4. The van der Waals surface area contributed by atoms with Crippen LogP contribution in [0.3, 0.4) is 0 Å². The van der Waals surface area contributed by atoms with E-state index in [0.717, 1.165) is 5.56 Å². The molecule has 4 amide bonds. The first-order valence-electron chi connectivity index (χ1n) is 13.3. The van der Waals surface area contributed by atoms with Crippen LogP contribution in [0.2, 0.25) is 0 Å². The number of carboxylic acids is 1. The Morgan fingerprint density at radius 1 is 0.907 bits per heavy atom. The average molecular weight is 661 g/mol. The molecule has 1 radical (unpaired) electrons. The Labute approximate surface area is 276 Å². The molecule has 2 atom stereocenters. The standard InChI is InChI=1S/C31H32N4O6.CH3.Y/c1-21(18-29(38)39)32-27(36)20-35-26-15-9-8-14-25(26)34(28(37)17-16-22-10-4-2-5-11-22)19-24(31(35)41)33-30(40)23-12-6-3-7-13-23;;/h2-15,21,24H,16-20H2,1H3,(H,32,36)(H,33,40)(H,38,39);1H3;/q;-1;/t21-,24+;;/m1../s1. The van der Waals surface area contributed by atoms with Crippen LogP contribution in [0.15, 0.2) is 84.9 Å². The van der Waals surface area contributed by atoms with Gasteiger partial charge < -0.3 is 28.1 Å². The molecule has 0 unspecified atom stereocenters. The molecule has 0 fully saturated rings. The molecule has 223 valence electrons. The molecule has 43 heavy (non-hydrogen) atoms. The zero-order valence-electron chi connectivity index (χ0n) is 24.2. The summed E-state index contributed by atoms with van der Waals surface area (Å²) in [5.41, 5.74) is 2.10. The number of benzene rings is 3. The molecule has 3 aromatic carbocycles. The van der Waals surface area contributed by atoms with E-state index in [4.69, 9.17) is 5.11 Å². The van der Waals surface area contributed by atoms with Crippen molar-refractivity contribution in [2.45, 2.75) is 38.3 Å². The fourth-order valence-electron chi connectivity index (χ4n) is 4.73. The Hall–Kier alpha value is -3.89. The molecule has 0 bridgehead atoms. The van der Waals surface area contributed by atoms with Crippen LogP contribution in [-0.4, -0.2) is 59.9 Å². The van der Waals surface area contributed by atoms with E-state index in [1.54, 1.807) is 61.5 Å². The second kappa shape index (κ2) is 16.7. The van der Waals surface area contributed by atoms with Gasteiger partial charge in [0.25, 0.3) is 11.8 Å². The summed E-state index contributed by atoms with van der Waals surface area (Å²) < 4.78 is 0. The van der Waals surface area contributed by atoms with Crippen molar-refractivity contribution in [2.24, 2.45) is 0 Å². The van der Waals surface area contributed by atoms with Gasteiger partial charge >= 0.3 is 5.97 Å². The SMILES string of the molecule is C[C@H](CC(=O)O)NC(=O)CN1C(=O)[C@@H](NC(=O)c2ccccc2)CN(C(=O)CCc2ccccc2)c2ccccc21.[CH3-].[Y]. The Bertz CT molecular complexity index is 1420. The van der Waals surface area contributed by atoms with Crippen molar-refractivity contribution < 1.29 is 61.8 Å². The molecule has 0 saturated carbocycles. The molecular weight excluding hydrogens is 625 g/mol. The van der Waals surface area contributed by atoms with Gasteiger partial charge in [0.1, 0.15) is 12.6 Å². The molecule has 4 rings (SSSR count). The van der Waals surface area contributed by atoms with Crippen LogP contribution in [0.5, 0.6) is 0 Å². The fourth-order valence-corrected chi connectivity index (χ4v) is 4.73. The zero-order valence-corrected chi connectivity index (χ0v) is 27.1. The van der Waals surface area contributed by atoms with Crippen molar-refractivity contribution in [3.8, 4) is 0 Å². The van der Waals surface area contributed by atoms with Crippen LogP contribution >= 0.6 is 0 Å². The van der Waals surface area contributed by atoms with Gasteiger partial charge in [0, 0.05) is 50.7 Å². The molecule has 0 spiro atoms. The Kier molecular flexibility index (Phi) is 13.7. The molecule has 0 saturated heterocycles. The number of carbonyl (C=O) groups excluding carboxylic acids is 4. The summed E-state index contributed by atoms with van der Waals surface area (Å²) in [5.74, 6) is -2.94. The number of hydrogen-bond acceptors (Lipinski definition) is 5. The van der Waals surface area contributed by atoms with Gasteiger partial charge in [-0.05, 0) is 43.2 Å². The Balaban J connectivity index is 0.00000323. The number of rotatable bonds is 10. The summed E-state index contributed by atoms with van der Waals surface area (Å²) in [7, 11) is 0. The van der Waals surface area contributed by atoms with Crippen molar-refractivity contribution in [1.29, 1.82) is 0 Å². The number of aliphatic carboxylic acids is 1. The maximum absolute atomic E-state index is 13.9. The number of anilines is 2. The monoisotopic (exact) mass is 660 g/mol. The first-order chi connectivity index (χ1) is 19.7. The van der Waals surface area contributed by atoms with E-state index in [9.17, 15) is 24.0 Å². The second-order valence-corrected chi connectivity index (χ2v) is 9.86. The van der Waals surface area contributed by atoms with Crippen LogP contribution in [-0.2, 0) is 58.3 Å². The minimum atomic E-state index is -1.15. The van der Waals surface area contributed by atoms with Gasteiger partial charge in [0.15, 0.2) is 0 Å². The molecule has 1 heterocycles. The summed E-state index contributed by atoms with van der Waals surface area (Å²) in [6.07, 6.45) is 0.371. The van der Waals surface area contributed by atoms with Crippen LogP contribution in [0.4, 0.5) is 11.4 Å². The zero-order chi connectivity index (χ0) is 29.4. The third-order valence-corrected chi connectivity index (χ3v) is 6.70. The molecular formula is C32H35N4O6Y-. The molecule has 1 aliphatic heterocycles. The number of nitrogens with one attached hydrogen (secondary N) is 2. The first kappa shape index (κ1) is 35.3. The van der Waals surface area contributed by atoms with Gasteiger partial charge in [-0.2, -0.15) is 0 Å². The van der Waals surface area contributed by atoms with Crippen LogP contribution < -0.4 is 20.4 Å². The van der Waals surface area contributed by atoms with Crippen LogP contribution in [0.1, 0.15) is 35.7 Å². The number of aryl methyl sites for hydroxylation is 1. The minimum absolute atomic E-state index is 0. The molecule has 10 nitrogen and oxygen atoms in total. The van der Waals surface area contributed by atoms with E-state index in [-0.39, 0.29) is 65.4 Å². The van der Waals surface area contributed by atoms with E-state index < -0.39 is 42.3 Å². The molecule has 0 aromatic heterocycles. The maximum Gasteiger partial charge on any atom is 0.305 e. The van der Waals surface area contributed by atoms with E-state index >= 15 is 0 Å². The van der Waals surface area contributed by atoms with Gasteiger partial charge in [-0.25, -0.2) is 0 Å². The molecule has 3 aromatic rings. The summed E-state index contributed by atoms with van der Waals surface area (Å²) in [6, 6.07) is 22.9. The molecule has 3 N–H and O–H groups in total. The minimum Gasteiger partial charge on any atom is -0.481 e. The second-order valence-electron chi connectivity index (χ2n) is 9.86. The largest absolute Gasteiger partial charge is 0.481 e. The Morgan fingerprint density at radius 3 is 2.12 bits per heavy atom. The summed E-state index contributed by atoms with van der Waals surface area (Å²) >= 11 is 0. The molecule has 0 aliphatic carbocycles. The van der Waals surface area contributed by atoms with E-state index in [2.05, 4.69) is 10.6 Å².